The molecule has 5 nitrogen and oxygen atoms in total. The molecule has 0 spiro atoms. The molecule has 1 aromatic rings. The Balaban J connectivity index is 2.38. The lowest BCUT2D eigenvalue weighted by molar-refractivity contribution is -0.140. The van der Waals surface area contributed by atoms with E-state index in [1.54, 1.807) is 13.2 Å². The van der Waals surface area contributed by atoms with Crippen LogP contribution in [0.15, 0.2) is 30.3 Å². The van der Waals surface area contributed by atoms with Crippen molar-refractivity contribution in [3.63, 3.8) is 0 Å². The van der Waals surface area contributed by atoms with Gasteiger partial charge in [-0.25, -0.2) is 0 Å². The highest BCUT2D eigenvalue weighted by molar-refractivity contribution is 5.91. The first-order chi connectivity index (χ1) is 9.15. The van der Waals surface area contributed by atoms with E-state index in [0.717, 1.165) is 11.3 Å². The van der Waals surface area contributed by atoms with E-state index in [1.165, 1.54) is 13.2 Å². The van der Waals surface area contributed by atoms with Crippen LogP contribution in [0, 0.1) is 0 Å². The Labute approximate surface area is 112 Å². The predicted octanol–water partition coefficient (Wildman–Crippen LogP) is 1.39. The molecule has 0 unspecified atom stereocenters. The number of rotatable bonds is 6. The summed E-state index contributed by atoms with van der Waals surface area (Å²) in [6.45, 7) is 0.262. The van der Waals surface area contributed by atoms with Crippen LogP contribution >= 0.6 is 0 Å². The Morgan fingerprint density at radius 3 is 2.47 bits per heavy atom. The summed E-state index contributed by atoms with van der Waals surface area (Å²) < 4.78 is 9.50. The molecule has 0 fully saturated rings. The minimum Gasteiger partial charge on any atom is -0.497 e. The first-order valence-corrected chi connectivity index (χ1v) is 5.82. The van der Waals surface area contributed by atoms with Crippen LogP contribution in [-0.2, 0) is 14.3 Å². The minimum atomic E-state index is -0.348. The van der Waals surface area contributed by atoms with E-state index in [9.17, 15) is 9.59 Å². The number of hydrogen-bond acceptors (Lipinski definition) is 4. The van der Waals surface area contributed by atoms with Gasteiger partial charge in [-0.3, -0.25) is 9.59 Å². The molecule has 0 aliphatic rings. The predicted molar refractivity (Wildman–Crippen MR) is 71.7 cm³/mol. The van der Waals surface area contributed by atoms with Crippen molar-refractivity contribution in [2.24, 2.45) is 0 Å². The Kier molecular flexibility index (Phi) is 6.15. The van der Waals surface area contributed by atoms with Gasteiger partial charge in [0, 0.05) is 12.6 Å². The van der Waals surface area contributed by atoms with Gasteiger partial charge in [-0.15, -0.1) is 0 Å². The van der Waals surface area contributed by atoms with Crippen LogP contribution in [0.5, 0.6) is 5.75 Å². The molecule has 5 heteroatoms. The maximum absolute atomic E-state index is 11.4. The smallest absolute Gasteiger partial charge is 0.307 e. The Bertz CT molecular complexity index is 451. The van der Waals surface area contributed by atoms with E-state index < -0.39 is 0 Å². The van der Waals surface area contributed by atoms with Gasteiger partial charge in [0.25, 0.3) is 0 Å². The molecule has 1 rings (SSSR count). The summed E-state index contributed by atoms with van der Waals surface area (Å²) in [5.41, 5.74) is 0.893. The summed E-state index contributed by atoms with van der Waals surface area (Å²) in [6.07, 6.45) is 3.27. The third-order valence-corrected chi connectivity index (χ3v) is 2.40. The van der Waals surface area contributed by atoms with E-state index in [1.807, 2.05) is 24.3 Å². The summed E-state index contributed by atoms with van der Waals surface area (Å²) in [4.78, 5) is 22.3. The van der Waals surface area contributed by atoms with Gasteiger partial charge in [0.1, 0.15) is 5.75 Å². The van der Waals surface area contributed by atoms with E-state index >= 15 is 0 Å². The lowest BCUT2D eigenvalue weighted by Crippen LogP contribution is -2.24. The second kappa shape index (κ2) is 7.92. The van der Waals surface area contributed by atoms with Crippen LogP contribution in [0.4, 0.5) is 0 Å². The van der Waals surface area contributed by atoms with Gasteiger partial charge in [-0.1, -0.05) is 12.1 Å². The second-order valence-corrected chi connectivity index (χ2v) is 3.72. The molecule has 0 saturated carbocycles. The summed E-state index contributed by atoms with van der Waals surface area (Å²) in [6, 6.07) is 7.32. The zero-order valence-corrected chi connectivity index (χ0v) is 11.0. The van der Waals surface area contributed by atoms with E-state index in [-0.39, 0.29) is 24.8 Å². The highest BCUT2D eigenvalue weighted by Gasteiger charge is 2.00. The van der Waals surface area contributed by atoms with Crippen LogP contribution < -0.4 is 10.1 Å². The van der Waals surface area contributed by atoms with Gasteiger partial charge < -0.3 is 14.8 Å². The molecule has 0 saturated heterocycles. The number of esters is 1. The Hall–Kier alpha value is -2.30. The van der Waals surface area contributed by atoms with Gasteiger partial charge in [0.05, 0.1) is 20.6 Å². The normalized spacial score (nSPS) is 10.2. The van der Waals surface area contributed by atoms with Crippen molar-refractivity contribution < 1.29 is 19.1 Å². The van der Waals surface area contributed by atoms with E-state index in [0.29, 0.717) is 0 Å². The van der Waals surface area contributed by atoms with Crippen LogP contribution in [0.3, 0.4) is 0 Å². The average molecular weight is 263 g/mol. The van der Waals surface area contributed by atoms with Crippen LogP contribution in [0.2, 0.25) is 0 Å². The van der Waals surface area contributed by atoms with Gasteiger partial charge in [-0.2, -0.15) is 0 Å². The maximum Gasteiger partial charge on any atom is 0.307 e. The summed E-state index contributed by atoms with van der Waals surface area (Å²) in [5, 5.41) is 2.59. The molecule has 1 aromatic carbocycles. The standard InChI is InChI=1S/C14H17NO4/c1-18-12-6-3-11(4-7-12)5-8-13(16)15-10-9-14(17)19-2/h3-8H,9-10H2,1-2H3,(H,15,16). The van der Waals surface area contributed by atoms with Crippen LogP contribution in [0.25, 0.3) is 6.08 Å². The quantitative estimate of drug-likeness (QED) is 0.622. The third kappa shape index (κ3) is 5.72. The summed E-state index contributed by atoms with van der Waals surface area (Å²) in [5.74, 6) is 0.166. The van der Waals surface area contributed by atoms with Gasteiger partial charge >= 0.3 is 5.97 Å². The molecule has 0 aliphatic carbocycles. The number of benzene rings is 1. The molecule has 0 radical (unpaired) electrons. The van der Waals surface area contributed by atoms with Crippen molar-refractivity contribution in [2.75, 3.05) is 20.8 Å². The summed E-state index contributed by atoms with van der Waals surface area (Å²) >= 11 is 0. The fraction of sp³-hybridized carbons (Fsp3) is 0.286. The molecular weight excluding hydrogens is 246 g/mol. The number of methoxy groups -OCH3 is 2. The number of carbonyl (C=O) groups is 2. The van der Waals surface area contributed by atoms with Crippen molar-refractivity contribution in [1.82, 2.24) is 5.32 Å². The molecule has 0 aromatic heterocycles. The lowest BCUT2D eigenvalue weighted by atomic mass is 10.2. The Morgan fingerprint density at radius 1 is 1.21 bits per heavy atom. The number of carbonyl (C=O) groups excluding carboxylic acids is 2. The topological polar surface area (TPSA) is 64.6 Å². The Morgan fingerprint density at radius 2 is 1.89 bits per heavy atom. The van der Waals surface area contributed by atoms with Crippen LogP contribution in [0.1, 0.15) is 12.0 Å². The molecule has 0 heterocycles. The van der Waals surface area contributed by atoms with Crippen molar-refractivity contribution in [3.05, 3.63) is 35.9 Å². The van der Waals surface area contributed by atoms with Gasteiger partial charge in [0.2, 0.25) is 5.91 Å². The second-order valence-electron chi connectivity index (χ2n) is 3.72. The molecule has 0 bridgehead atoms. The SMILES string of the molecule is COC(=O)CCNC(=O)C=Cc1ccc(OC)cc1. The van der Waals surface area contributed by atoms with Crippen LogP contribution in [-0.4, -0.2) is 32.6 Å². The van der Waals surface area contributed by atoms with Gasteiger partial charge in [-0.05, 0) is 23.8 Å². The number of amides is 1. The first-order valence-electron chi connectivity index (χ1n) is 5.82. The first kappa shape index (κ1) is 14.8. The number of ether oxygens (including phenoxy) is 2. The van der Waals surface area contributed by atoms with E-state index in [4.69, 9.17) is 4.74 Å². The zero-order valence-electron chi connectivity index (χ0n) is 11.0. The molecule has 19 heavy (non-hydrogen) atoms. The highest BCUT2D eigenvalue weighted by atomic mass is 16.5. The lowest BCUT2D eigenvalue weighted by Gasteiger charge is -2.01. The van der Waals surface area contributed by atoms with Crippen molar-refractivity contribution in [2.45, 2.75) is 6.42 Å². The van der Waals surface area contributed by atoms with Crippen molar-refractivity contribution in [1.29, 1.82) is 0 Å². The van der Waals surface area contributed by atoms with Gasteiger partial charge in [0.15, 0.2) is 0 Å². The molecule has 0 atom stereocenters. The maximum atomic E-state index is 11.4. The average Bonchev–Trinajstić information content (AvgIpc) is 2.45. The van der Waals surface area contributed by atoms with Crippen molar-refractivity contribution >= 4 is 18.0 Å². The number of nitrogens with one attached hydrogen (secondary N) is 1. The number of hydrogen-bond donors (Lipinski definition) is 1. The third-order valence-electron chi connectivity index (χ3n) is 2.40. The van der Waals surface area contributed by atoms with E-state index in [2.05, 4.69) is 10.1 Å². The zero-order chi connectivity index (χ0) is 14.1. The molecule has 1 amide bonds. The molecule has 0 aliphatic heterocycles. The fourth-order valence-electron chi connectivity index (χ4n) is 1.34. The highest BCUT2D eigenvalue weighted by Crippen LogP contribution is 2.12. The molecule has 1 N–H and O–H groups in total. The minimum absolute atomic E-state index is 0.165. The largest absolute Gasteiger partial charge is 0.497 e. The monoisotopic (exact) mass is 263 g/mol. The molecule has 102 valence electrons. The van der Waals surface area contributed by atoms with Crippen molar-refractivity contribution in [3.8, 4) is 5.75 Å². The fourth-order valence-corrected chi connectivity index (χ4v) is 1.34. The summed E-state index contributed by atoms with van der Waals surface area (Å²) in [7, 11) is 2.91. The molecular formula is C14H17NO4.